The summed E-state index contributed by atoms with van der Waals surface area (Å²) in [6, 6.07) is 18.1. The second-order valence-corrected chi connectivity index (χ2v) is 7.07. The number of para-hydroxylation sites is 1. The minimum atomic E-state index is 0.223. The number of aliphatic hydroxyl groups excluding tert-OH is 1. The summed E-state index contributed by atoms with van der Waals surface area (Å²) in [7, 11) is 1.95. The van der Waals surface area contributed by atoms with Crippen molar-refractivity contribution in [2.75, 3.05) is 13.2 Å². The number of aromatic nitrogens is 2. The van der Waals surface area contributed by atoms with E-state index in [1.807, 2.05) is 54.2 Å². The number of rotatable bonds is 6. The van der Waals surface area contributed by atoms with Crippen molar-refractivity contribution in [1.29, 1.82) is 0 Å². The van der Waals surface area contributed by atoms with Gasteiger partial charge < -0.3 is 9.84 Å². The van der Waals surface area contributed by atoms with Gasteiger partial charge in [0.2, 0.25) is 0 Å². The Hall–Kier alpha value is -2.63. The Kier molecular flexibility index (Phi) is 5.23. The molecule has 0 unspecified atom stereocenters. The van der Waals surface area contributed by atoms with E-state index in [1.54, 1.807) is 0 Å². The van der Waals surface area contributed by atoms with Crippen LogP contribution in [0, 0.1) is 0 Å². The molecule has 2 aromatic carbocycles. The highest BCUT2D eigenvalue weighted by Crippen LogP contribution is 2.29. The summed E-state index contributed by atoms with van der Waals surface area (Å²) in [5, 5.41) is 14.3. The number of benzene rings is 2. The molecule has 1 aliphatic rings. The third kappa shape index (κ3) is 4.04. The van der Waals surface area contributed by atoms with Crippen LogP contribution in [0.15, 0.2) is 60.8 Å². The molecule has 0 bridgehead atoms. The lowest BCUT2D eigenvalue weighted by molar-refractivity contribution is 0.154. The zero-order valence-electron chi connectivity index (χ0n) is 15.6. The number of aryl methyl sites for hydroxylation is 1. The van der Waals surface area contributed by atoms with Crippen molar-refractivity contribution >= 4 is 0 Å². The molecule has 2 heterocycles. The minimum Gasteiger partial charge on any atom is -0.457 e. The maximum atomic E-state index is 9.58. The zero-order valence-corrected chi connectivity index (χ0v) is 15.6. The Labute approximate surface area is 159 Å². The van der Waals surface area contributed by atoms with E-state index in [1.165, 1.54) is 5.56 Å². The topological polar surface area (TPSA) is 50.5 Å². The normalized spacial score (nSPS) is 17.3. The summed E-state index contributed by atoms with van der Waals surface area (Å²) in [6.07, 6.45) is 4.29. The van der Waals surface area contributed by atoms with Crippen LogP contribution in [0.4, 0.5) is 0 Å². The van der Waals surface area contributed by atoms with Crippen LogP contribution in [0.2, 0.25) is 0 Å². The fourth-order valence-electron chi connectivity index (χ4n) is 3.73. The molecule has 0 spiro atoms. The number of hydrogen-bond donors (Lipinski definition) is 1. The Bertz CT molecular complexity index is 874. The third-order valence-corrected chi connectivity index (χ3v) is 5.09. The van der Waals surface area contributed by atoms with Gasteiger partial charge in [0.25, 0.3) is 0 Å². The average molecular weight is 363 g/mol. The van der Waals surface area contributed by atoms with Crippen LogP contribution in [0.1, 0.15) is 18.4 Å². The quantitative estimate of drug-likeness (QED) is 0.723. The van der Waals surface area contributed by atoms with Crippen molar-refractivity contribution < 1.29 is 9.84 Å². The molecule has 1 fully saturated rings. The van der Waals surface area contributed by atoms with Crippen molar-refractivity contribution in [2.24, 2.45) is 7.05 Å². The Morgan fingerprint density at radius 2 is 1.81 bits per heavy atom. The smallest absolute Gasteiger partial charge is 0.127 e. The first-order valence-corrected chi connectivity index (χ1v) is 9.43. The maximum absolute atomic E-state index is 9.58. The van der Waals surface area contributed by atoms with Crippen molar-refractivity contribution in [3.8, 4) is 22.8 Å². The van der Waals surface area contributed by atoms with E-state index in [0.717, 1.165) is 48.7 Å². The summed E-state index contributed by atoms with van der Waals surface area (Å²) in [5.74, 6) is 1.63. The third-order valence-electron chi connectivity index (χ3n) is 5.09. The predicted octanol–water partition coefficient (Wildman–Crippen LogP) is 3.84. The summed E-state index contributed by atoms with van der Waals surface area (Å²) in [4.78, 5) is 2.35. The molecule has 0 radical (unpaired) electrons. The number of aliphatic hydroxyl groups is 1. The largest absolute Gasteiger partial charge is 0.457 e. The van der Waals surface area contributed by atoms with Crippen molar-refractivity contribution in [3.63, 3.8) is 0 Å². The molecular formula is C22H25N3O2. The van der Waals surface area contributed by atoms with E-state index < -0.39 is 0 Å². The highest BCUT2D eigenvalue weighted by molar-refractivity contribution is 5.63. The van der Waals surface area contributed by atoms with Crippen LogP contribution < -0.4 is 4.74 Å². The van der Waals surface area contributed by atoms with Crippen LogP contribution >= 0.6 is 0 Å². The van der Waals surface area contributed by atoms with Gasteiger partial charge in [0.15, 0.2) is 0 Å². The number of ether oxygens (including phenoxy) is 1. The highest BCUT2D eigenvalue weighted by atomic mass is 16.5. The van der Waals surface area contributed by atoms with E-state index in [0.29, 0.717) is 0 Å². The van der Waals surface area contributed by atoms with Gasteiger partial charge in [0.05, 0.1) is 12.3 Å². The Morgan fingerprint density at radius 3 is 2.56 bits per heavy atom. The van der Waals surface area contributed by atoms with Crippen molar-refractivity contribution in [2.45, 2.75) is 25.4 Å². The van der Waals surface area contributed by atoms with Crippen molar-refractivity contribution in [3.05, 3.63) is 66.4 Å². The molecule has 1 aliphatic heterocycles. The van der Waals surface area contributed by atoms with Crippen LogP contribution in [0.5, 0.6) is 11.5 Å². The molecule has 0 amide bonds. The monoisotopic (exact) mass is 363 g/mol. The predicted molar refractivity (Wildman–Crippen MR) is 106 cm³/mol. The molecule has 0 saturated carbocycles. The average Bonchev–Trinajstić information content (AvgIpc) is 3.29. The van der Waals surface area contributed by atoms with Crippen LogP contribution in [-0.2, 0) is 13.6 Å². The van der Waals surface area contributed by atoms with Gasteiger partial charge in [-0.3, -0.25) is 9.58 Å². The first-order chi connectivity index (χ1) is 13.2. The van der Waals surface area contributed by atoms with E-state index in [-0.39, 0.29) is 12.6 Å². The van der Waals surface area contributed by atoms with E-state index in [9.17, 15) is 5.11 Å². The van der Waals surface area contributed by atoms with E-state index in [2.05, 4.69) is 28.3 Å². The van der Waals surface area contributed by atoms with Gasteiger partial charge in [0, 0.05) is 37.0 Å². The van der Waals surface area contributed by atoms with Crippen LogP contribution in [-0.4, -0.2) is 39.0 Å². The van der Waals surface area contributed by atoms with Gasteiger partial charge in [-0.2, -0.15) is 5.10 Å². The molecule has 5 nitrogen and oxygen atoms in total. The molecule has 5 heteroatoms. The highest BCUT2D eigenvalue weighted by Gasteiger charge is 2.25. The molecule has 4 rings (SSSR count). The summed E-state index contributed by atoms with van der Waals surface area (Å²) >= 11 is 0. The summed E-state index contributed by atoms with van der Waals surface area (Å²) in [6.45, 7) is 2.07. The Balaban J connectivity index is 1.53. The molecule has 1 aromatic heterocycles. The maximum Gasteiger partial charge on any atom is 0.127 e. The second-order valence-electron chi connectivity index (χ2n) is 7.07. The molecule has 1 N–H and O–H groups in total. The number of hydrogen-bond acceptors (Lipinski definition) is 4. The lowest BCUT2D eigenvalue weighted by Crippen LogP contribution is -2.31. The van der Waals surface area contributed by atoms with E-state index in [4.69, 9.17) is 4.74 Å². The molecule has 27 heavy (non-hydrogen) atoms. The molecule has 140 valence electrons. The van der Waals surface area contributed by atoms with Gasteiger partial charge >= 0.3 is 0 Å². The van der Waals surface area contributed by atoms with Crippen molar-refractivity contribution in [1.82, 2.24) is 14.7 Å². The molecule has 0 aliphatic carbocycles. The number of nitrogens with zero attached hydrogens (tertiary/aromatic N) is 3. The van der Waals surface area contributed by atoms with Gasteiger partial charge in [-0.15, -0.1) is 0 Å². The Morgan fingerprint density at radius 1 is 1.07 bits per heavy atom. The van der Waals surface area contributed by atoms with Crippen LogP contribution in [0.3, 0.4) is 0 Å². The lowest BCUT2D eigenvalue weighted by atomic mass is 10.1. The van der Waals surface area contributed by atoms with Gasteiger partial charge in [0.1, 0.15) is 11.5 Å². The minimum absolute atomic E-state index is 0.223. The molecule has 1 saturated heterocycles. The lowest BCUT2D eigenvalue weighted by Gasteiger charge is -2.22. The first-order valence-electron chi connectivity index (χ1n) is 9.43. The standard InChI is InChI=1S/C22H25N3O2/c1-24-14-18(15-25-13-5-6-19(25)16-26)22(23-24)17-9-11-21(12-10-17)27-20-7-3-2-4-8-20/h2-4,7-12,14,19,26H,5-6,13,15-16H2,1H3/t19-/m0/s1. The molecule has 3 aromatic rings. The SMILES string of the molecule is Cn1cc(CN2CCC[C@H]2CO)c(-c2ccc(Oc3ccccc3)cc2)n1. The first kappa shape index (κ1) is 17.8. The number of likely N-dealkylation sites (tertiary alicyclic amines) is 1. The van der Waals surface area contributed by atoms with Gasteiger partial charge in [-0.25, -0.2) is 0 Å². The van der Waals surface area contributed by atoms with E-state index >= 15 is 0 Å². The fourth-order valence-corrected chi connectivity index (χ4v) is 3.73. The summed E-state index contributed by atoms with van der Waals surface area (Å²) < 4.78 is 7.74. The van der Waals surface area contributed by atoms with Gasteiger partial charge in [-0.1, -0.05) is 18.2 Å². The zero-order chi connectivity index (χ0) is 18.6. The molecular weight excluding hydrogens is 338 g/mol. The summed E-state index contributed by atoms with van der Waals surface area (Å²) in [5.41, 5.74) is 3.26. The molecule has 1 atom stereocenters. The van der Waals surface area contributed by atoms with Crippen LogP contribution in [0.25, 0.3) is 11.3 Å². The van der Waals surface area contributed by atoms with Gasteiger partial charge in [-0.05, 0) is 55.8 Å². The second kappa shape index (κ2) is 7.94. The fraction of sp³-hybridized carbons (Fsp3) is 0.318.